The van der Waals surface area contributed by atoms with E-state index in [0.29, 0.717) is 13.0 Å². The summed E-state index contributed by atoms with van der Waals surface area (Å²) < 4.78 is 1.77. The van der Waals surface area contributed by atoms with Gasteiger partial charge in [-0.05, 0) is 36.8 Å². The third kappa shape index (κ3) is 5.45. The van der Waals surface area contributed by atoms with Gasteiger partial charge < -0.3 is 4.90 Å². The average Bonchev–Trinajstić information content (AvgIpc) is 2.95. The van der Waals surface area contributed by atoms with Crippen molar-refractivity contribution in [1.82, 2.24) is 14.7 Å². The van der Waals surface area contributed by atoms with Crippen LogP contribution in [0.25, 0.3) is 0 Å². The molecule has 0 radical (unpaired) electrons. The zero-order valence-electron chi connectivity index (χ0n) is 16.4. The van der Waals surface area contributed by atoms with Crippen molar-refractivity contribution in [1.29, 1.82) is 0 Å². The molecule has 0 unspecified atom stereocenters. The Hall–Kier alpha value is -2.10. The first-order chi connectivity index (χ1) is 11.7. The van der Waals surface area contributed by atoms with Crippen molar-refractivity contribution in [2.24, 2.45) is 7.05 Å². The lowest BCUT2D eigenvalue weighted by molar-refractivity contribution is -0.133. The number of hydrogen-bond donors (Lipinski definition) is 0. The molecule has 0 spiro atoms. The number of rotatable bonds is 6. The lowest BCUT2D eigenvalue weighted by Crippen LogP contribution is -2.36. The third-order valence-electron chi connectivity index (χ3n) is 4.50. The molecular formula is C21H31N3O. The summed E-state index contributed by atoms with van der Waals surface area (Å²) in [4.78, 5) is 14.6. The number of carbonyl (C=O) groups excluding carboxylic acids is 1. The second-order valence-corrected chi connectivity index (χ2v) is 8.08. The van der Waals surface area contributed by atoms with Gasteiger partial charge in [0, 0.05) is 37.8 Å². The van der Waals surface area contributed by atoms with Crippen LogP contribution in [-0.4, -0.2) is 26.6 Å². The predicted molar refractivity (Wildman–Crippen MR) is 102 cm³/mol. The van der Waals surface area contributed by atoms with Gasteiger partial charge in [0.15, 0.2) is 0 Å². The molecule has 4 heteroatoms. The highest BCUT2D eigenvalue weighted by atomic mass is 16.2. The van der Waals surface area contributed by atoms with Crippen molar-refractivity contribution >= 4 is 5.91 Å². The maximum absolute atomic E-state index is 12.7. The van der Waals surface area contributed by atoms with Gasteiger partial charge in [-0.2, -0.15) is 5.10 Å². The van der Waals surface area contributed by atoms with Gasteiger partial charge in [0.25, 0.3) is 0 Å². The van der Waals surface area contributed by atoms with Gasteiger partial charge in [0.2, 0.25) is 5.91 Å². The minimum absolute atomic E-state index is 0.159. The van der Waals surface area contributed by atoms with E-state index < -0.39 is 0 Å². The van der Waals surface area contributed by atoms with Gasteiger partial charge in [-0.15, -0.1) is 0 Å². The lowest BCUT2D eigenvalue weighted by atomic mass is 9.86. The standard InChI is InChI=1S/C21H31N3O/c1-16(2)24(15-18-13-22-23(6)14-18)20(25)12-9-17-7-10-19(11-8-17)21(3,4)5/h7-8,10-11,13-14,16H,9,12,15H2,1-6H3. The first-order valence-electron chi connectivity index (χ1n) is 9.03. The molecule has 0 saturated carbocycles. The molecule has 0 aliphatic carbocycles. The predicted octanol–water partition coefficient (Wildman–Crippen LogP) is 4.09. The Morgan fingerprint density at radius 1 is 1.16 bits per heavy atom. The van der Waals surface area contributed by atoms with E-state index in [9.17, 15) is 4.79 Å². The fourth-order valence-corrected chi connectivity index (χ4v) is 2.88. The smallest absolute Gasteiger partial charge is 0.223 e. The quantitative estimate of drug-likeness (QED) is 0.794. The monoisotopic (exact) mass is 341 g/mol. The van der Waals surface area contributed by atoms with E-state index in [1.165, 1.54) is 11.1 Å². The van der Waals surface area contributed by atoms with Crippen LogP contribution in [-0.2, 0) is 30.2 Å². The summed E-state index contributed by atoms with van der Waals surface area (Å²) in [6.07, 6.45) is 5.11. The van der Waals surface area contributed by atoms with E-state index in [-0.39, 0.29) is 17.4 Å². The number of aromatic nitrogens is 2. The molecule has 0 N–H and O–H groups in total. The van der Waals surface area contributed by atoms with Gasteiger partial charge in [0.05, 0.1) is 6.20 Å². The number of hydrogen-bond acceptors (Lipinski definition) is 2. The number of nitrogens with zero attached hydrogens (tertiary/aromatic N) is 3. The van der Waals surface area contributed by atoms with E-state index in [1.54, 1.807) is 4.68 Å². The summed E-state index contributed by atoms with van der Waals surface area (Å²) in [7, 11) is 1.90. The van der Waals surface area contributed by atoms with Crippen LogP contribution >= 0.6 is 0 Å². The molecule has 0 fully saturated rings. The highest BCUT2D eigenvalue weighted by molar-refractivity contribution is 5.76. The summed E-state index contributed by atoms with van der Waals surface area (Å²) in [5.74, 6) is 0.193. The van der Waals surface area contributed by atoms with Gasteiger partial charge in [-0.1, -0.05) is 45.0 Å². The topological polar surface area (TPSA) is 38.1 Å². The van der Waals surface area contributed by atoms with E-state index in [4.69, 9.17) is 0 Å². The molecule has 2 rings (SSSR count). The molecule has 0 aliphatic heterocycles. The third-order valence-corrected chi connectivity index (χ3v) is 4.50. The first-order valence-corrected chi connectivity index (χ1v) is 9.03. The van der Waals surface area contributed by atoms with Crippen molar-refractivity contribution in [3.05, 3.63) is 53.3 Å². The fourth-order valence-electron chi connectivity index (χ4n) is 2.88. The molecule has 0 bridgehead atoms. The molecule has 1 aromatic carbocycles. The molecule has 25 heavy (non-hydrogen) atoms. The summed E-state index contributed by atoms with van der Waals surface area (Å²) in [5, 5.41) is 4.19. The summed E-state index contributed by atoms with van der Waals surface area (Å²) in [6, 6.07) is 8.82. The van der Waals surface area contributed by atoms with Crippen LogP contribution < -0.4 is 0 Å². The molecule has 2 aromatic rings. The Kier molecular flexibility index (Phi) is 6.04. The molecule has 1 heterocycles. The Balaban J connectivity index is 1.96. The Bertz CT molecular complexity index is 693. The Morgan fingerprint density at radius 3 is 2.28 bits per heavy atom. The number of amides is 1. The van der Waals surface area contributed by atoms with Crippen molar-refractivity contribution in [3.63, 3.8) is 0 Å². The van der Waals surface area contributed by atoms with Crippen LogP contribution in [0.5, 0.6) is 0 Å². The lowest BCUT2D eigenvalue weighted by Gasteiger charge is -2.26. The van der Waals surface area contributed by atoms with Crippen LogP contribution in [0.3, 0.4) is 0 Å². The largest absolute Gasteiger partial charge is 0.336 e. The normalized spacial score (nSPS) is 11.8. The first kappa shape index (κ1) is 19.2. The van der Waals surface area contributed by atoms with Gasteiger partial charge in [-0.25, -0.2) is 0 Å². The zero-order chi connectivity index (χ0) is 18.6. The summed E-state index contributed by atoms with van der Waals surface area (Å²) in [6.45, 7) is 11.4. The number of carbonyl (C=O) groups is 1. The highest BCUT2D eigenvalue weighted by Gasteiger charge is 2.18. The molecule has 1 aromatic heterocycles. The Morgan fingerprint density at radius 2 is 1.80 bits per heavy atom. The van der Waals surface area contributed by atoms with E-state index in [1.807, 2.05) is 24.3 Å². The molecule has 0 saturated heterocycles. The number of benzene rings is 1. The van der Waals surface area contributed by atoms with Crippen LogP contribution in [0.4, 0.5) is 0 Å². The van der Waals surface area contributed by atoms with Crippen molar-refractivity contribution in [3.8, 4) is 0 Å². The minimum atomic E-state index is 0.159. The van der Waals surface area contributed by atoms with E-state index in [2.05, 4.69) is 64.0 Å². The van der Waals surface area contributed by atoms with Gasteiger partial charge in [0.1, 0.15) is 0 Å². The van der Waals surface area contributed by atoms with Crippen LogP contribution in [0.1, 0.15) is 57.7 Å². The maximum atomic E-state index is 12.7. The fraction of sp³-hybridized carbons (Fsp3) is 0.524. The molecule has 4 nitrogen and oxygen atoms in total. The average molecular weight is 341 g/mol. The highest BCUT2D eigenvalue weighted by Crippen LogP contribution is 2.22. The van der Waals surface area contributed by atoms with E-state index in [0.717, 1.165) is 12.0 Å². The summed E-state index contributed by atoms with van der Waals surface area (Å²) in [5.41, 5.74) is 3.76. The number of aryl methyl sites for hydroxylation is 2. The second-order valence-electron chi connectivity index (χ2n) is 8.08. The Labute approximate surface area is 151 Å². The molecule has 0 atom stereocenters. The molecular weight excluding hydrogens is 310 g/mol. The minimum Gasteiger partial charge on any atom is -0.336 e. The van der Waals surface area contributed by atoms with Crippen molar-refractivity contribution in [2.45, 2.75) is 65.5 Å². The van der Waals surface area contributed by atoms with Crippen LogP contribution in [0.2, 0.25) is 0 Å². The molecule has 136 valence electrons. The SMILES string of the molecule is CC(C)N(Cc1cnn(C)c1)C(=O)CCc1ccc(C(C)(C)C)cc1. The van der Waals surface area contributed by atoms with Crippen LogP contribution in [0.15, 0.2) is 36.7 Å². The summed E-state index contributed by atoms with van der Waals surface area (Å²) >= 11 is 0. The van der Waals surface area contributed by atoms with Crippen LogP contribution in [0, 0.1) is 0 Å². The van der Waals surface area contributed by atoms with Gasteiger partial charge >= 0.3 is 0 Å². The van der Waals surface area contributed by atoms with Gasteiger partial charge in [-0.3, -0.25) is 9.48 Å². The maximum Gasteiger partial charge on any atom is 0.223 e. The van der Waals surface area contributed by atoms with Crippen molar-refractivity contribution in [2.75, 3.05) is 0 Å². The zero-order valence-corrected chi connectivity index (χ0v) is 16.4. The second kappa shape index (κ2) is 7.85. The van der Waals surface area contributed by atoms with E-state index >= 15 is 0 Å². The van der Waals surface area contributed by atoms with Crippen molar-refractivity contribution < 1.29 is 4.79 Å². The molecule has 1 amide bonds. The molecule has 0 aliphatic rings.